The summed E-state index contributed by atoms with van der Waals surface area (Å²) in [5.74, 6) is 1.48. The first-order valence-corrected chi connectivity index (χ1v) is 10.4. The maximum absolute atomic E-state index is 12.7. The summed E-state index contributed by atoms with van der Waals surface area (Å²) in [7, 11) is 1.60. The lowest BCUT2D eigenvalue weighted by molar-refractivity contribution is 0.208. The maximum atomic E-state index is 12.7. The highest BCUT2D eigenvalue weighted by Gasteiger charge is 2.23. The second-order valence-corrected chi connectivity index (χ2v) is 7.75. The molecule has 1 aliphatic heterocycles. The molecule has 1 N–H and O–H groups in total. The van der Waals surface area contributed by atoms with E-state index in [0.29, 0.717) is 37.6 Å². The summed E-state index contributed by atoms with van der Waals surface area (Å²) in [6.07, 6.45) is 0. The van der Waals surface area contributed by atoms with Gasteiger partial charge in [-0.2, -0.15) is 0 Å². The van der Waals surface area contributed by atoms with Crippen LogP contribution in [0.4, 0.5) is 16.3 Å². The monoisotopic (exact) mass is 417 g/mol. The van der Waals surface area contributed by atoms with Gasteiger partial charge in [0, 0.05) is 31.7 Å². The predicted molar refractivity (Wildman–Crippen MR) is 123 cm³/mol. The van der Waals surface area contributed by atoms with Crippen molar-refractivity contribution in [3.05, 3.63) is 65.7 Å². The lowest BCUT2D eigenvalue weighted by Crippen LogP contribution is -2.50. The van der Waals surface area contributed by atoms with Gasteiger partial charge in [0.05, 0.1) is 18.5 Å². The Kier molecular flexibility index (Phi) is 6.02. The van der Waals surface area contributed by atoms with E-state index in [0.717, 1.165) is 22.6 Å². The van der Waals surface area contributed by atoms with Crippen LogP contribution in [0.3, 0.4) is 0 Å². The molecule has 1 saturated heterocycles. The molecule has 0 atom stereocenters. The molecule has 0 unspecified atom stereocenters. The highest BCUT2D eigenvalue weighted by atomic mass is 16.5. The zero-order valence-corrected chi connectivity index (χ0v) is 18.1. The summed E-state index contributed by atoms with van der Waals surface area (Å²) >= 11 is 0. The molecule has 2 amide bonds. The van der Waals surface area contributed by atoms with E-state index in [1.165, 1.54) is 5.56 Å². The number of amides is 2. The van der Waals surface area contributed by atoms with Crippen LogP contribution in [0, 0.1) is 13.8 Å². The minimum atomic E-state index is -0.121. The Morgan fingerprint density at radius 3 is 2.26 bits per heavy atom. The fraction of sp³-hybridized carbons (Fsp3) is 0.292. The van der Waals surface area contributed by atoms with Gasteiger partial charge in [0.2, 0.25) is 0 Å². The van der Waals surface area contributed by atoms with Crippen LogP contribution in [0.15, 0.2) is 54.6 Å². The Morgan fingerprint density at radius 1 is 0.903 bits per heavy atom. The van der Waals surface area contributed by atoms with Crippen molar-refractivity contribution in [3.8, 4) is 17.0 Å². The molecule has 31 heavy (non-hydrogen) atoms. The summed E-state index contributed by atoms with van der Waals surface area (Å²) in [6, 6.07) is 17.9. The molecule has 0 radical (unpaired) electrons. The van der Waals surface area contributed by atoms with Gasteiger partial charge in [-0.1, -0.05) is 35.9 Å². The molecule has 2 aromatic carbocycles. The summed E-state index contributed by atoms with van der Waals surface area (Å²) < 4.78 is 5.35. The van der Waals surface area contributed by atoms with Crippen LogP contribution in [-0.2, 0) is 0 Å². The number of aromatic nitrogens is 2. The fourth-order valence-corrected chi connectivity index (χ4v) is 3.62. The lowest BCUT2D eigenvalue weighted by Gasteiger charge is -2.35. The van der Waals surface area contributed by atoms with Crippen molar-refractivity contribution in [3.63, 3.8) is 0 Å². The second-order valence-electron chi connectivity index (χ2n) is 7.75. The number of rotatable bonds is 4. The zero-order chi connectivity index (χ0) is 21.8. The van der Waals surface area contributed by atoms with Gasteiger partial charge >= 0.3 is 6.03 Å². The van der Waals surface area contributed by atoms with Crippen LogP contribution in [0.2, 0.25) is 0 Å². The largest absolute Gasteiger partial charge is 0.495 e. The number of urea groups is 1. The van der Waals surface area contributed by atoms with Crippen LogP contribution < -0.4 is 15.0 Å². The topological polar surface area (TPSA) is 70.6 Å². The van der Waals surface area contributed by atoms with Gasteiger partial charge in [0.25, 0.3) is 0 Å². The Hall–Kier alpha value is -3.61. The second kappa shape index (κ2) is 9.04. The number of nitrogens with zero attached hydrogens (tertiary/aromatic N) is 4. The van der Waals surface area contributed by atoms with E-state index >= 15 is 0 Å². The van der Waals surface area contributed by atoms with Crippen LogP contribution in [-0.4, -0.2) is 54.4 Å². The first-order chi connectivity index (χ1) is 15.0. The average Bonchev–Trinajstić information content (AvgIpc) is 2.80. The van der Waals surface area contributed by atoms with Crippen molar-refractivity contribution in [2.45, 2.75) is 13.8 Å². The molecule has 0 aliphatic carbocycles. The summed E-state index contributed by atoms with van der Waals surface area (Å²) in [5, 5.41) is 11.8. The van der Waals surface area contributed by atoms with Gasteiger partial charge in [-0.25, -0.2) is 4.79 Å². The number of benzene rings is 2. The van der Waals surface area contributed by atoms with Gasteiger partial charge in [0.15, 0.2) is 5.82 Å². The number of hydrogen-bond acceptors (Lipinski definition) is 5. The number of aryl methyl sites for hydroxylation is 2. The van der Waals surface area contributed by atoms with Gasteiger partial charge in [-0.05, 0) is 43.7 Å². The smallest absolute Gasteiger partial charge is 0.322 e. The molecule has 4 rings (SSSR count). The Morgan fingerprint density at radius 2 is 1.61 bits per heavy atom. The van der Waals surface area contributed by atoms with Crippen molar-refractivity contribution in [2.24, 2.45) is 0 Å². The van der Waals surface area contributed by atoms with E-state index in [4.69, 9.17) is 4.74 Å². The van der Waals surface area contributed by atoms with Crippen molar-refractivity contribution in [1.82, 2.24) is 15.1 Å². The molecular weight excluding hydrogens is 390 g/mol. The van der Waals surface area contributed by atoms with Crippen molar-refractivity contribution in [2.75, 3.05) is 43.5 Å². The number of anilines is 2. The number of ether oxygens (including phenoxy) is 1. The summed E-state index contributed by atoms with van der Waals surface area (Å²) in [4.78, 5) is 16.7. The third kappa shape index (κ3) is 4.77. The highest BCUT2D eigenvalue weighted by molar-refractivity contribution is 5.91. The van der Waals surface area contributed by atoms with Gasteiger partial charge in [-0.3, -0.25) is 0 Å². The molecular formula is C24H27N5O2. The minimum Gasteiger partial charge on any atom is -0.495 e. The molecule has 0 spiro atoms. The Balaban J connectivity index is 1.35. The first kappa shape index (κ1) is 20.7. The molecule has 7 nitrogen and oxygen atoms in total. The number of carbonyl (C=O) groups is 1. The fourth-order valence-electron chi connectivity index (χ4n) is 3.62. The van der Waals surface area contributed by atoms with Crippen LogP contribution in [0.5, 0.6) is 5.75 Å². The quantitative estimate of drug-likeness (QED) is 0.691. The van der Waals surface area contributed by atoms with Gasteiger partial charge in [0.1, 0.15) is 5.75 Å². The predicted octanol–water partition coefficient (Wildman–Crippen LogP) is 4.12. The third-order valence-corrected chi connectivity index (χ3v) is 5.49. The van der Waals surface area contributed by atoms with E-state index in [-0.39, 0.29) is 6.03 Å². The number of hydrogen-bond donors (Lipinski definition) is 1. The van der Waals surface area contributed by atoms with Gasteiger partial charge < -0.3 is 19.9 Å². The maximum Gasteiger partial charge on any atom is 0.322 e. The number of nitrogens with one attached hydrogen (secondary N) is 1. The van der Waals surface area contributed by atoms with E-state index in [1.807, 2.05) is 42.2 Å². The van der Waals surface area contributed by atoms with Crippen LogP contribution >= 0.6 is 0 Å². The molecule has 1 aromatic heterocycles. The SMILES string of the molecule is COc1ccc(C)cc1NC(=O)N1CCN(c2ccc(-c3ccc(C)cc3)nn2)CC1. The van der Waals surface area contributed by atoms with Crippen LogP contribution in [0.25, 0.3) is 11.3 Å². The molecule has 3 aromatic rings. The molecule has 2 heterocycles. The van der Waals surface area contributed by atoms with E-state index in [2.05, 4.69) is 51.6 Å². The van der Waals surface area contributed by atoms with Crippen LogP contribution in [0.1, 0.15) is 11.1 Å². The lowest BCUT2D eigenvalue weighted by atomic mass is 10.1. The normalized spacial score (nSPS) is 13.8. The zero-order valence-electron chi connectivity index (χ0n) is 18.1. The standard InChI is InChI=1S/C24H27N5O2/c1-17-4-7-19(8-5-17)20-9-11-23(27-26-20)28-12-14-29(15-13-28)24(30)25-21-16-18(2)6-10-22(21)31-3/h4-11,16H,12-15H2,1-3H3,(H,25,30). The Bertz CT molecular complexity index is 1040. The summed E-state index contributed by atoms with van der Waals surface area (Å²) in [6.45, 7) is 6.69. The first-order valence-electron chi connectivity index (χ1n) is 10.4. The van der Waals surface area contributed by atoms with E-state index in [9.17, 15) is 4.79 Å². The van der Waals surface area contributed by atoms with Gasteiger partial charge in [-0.15, -0.1) is 10.2 Å². The van der Waals surface area contributed by atoms with E-state index < -0.39 is 0 Å². The van der Waals surface area contributed by atoms with E-state index in [1.54, 1.807) is 7.11 Å². The molecule has 1 aliphatic rings. The molecule has 0 saturated carbocycles. The number of piperazine rings is 1. The number of carbonyl (C=O) groups excluding carboxylic acids is 1. The molecule has 0 bridgehead atoms. The average molecular weight is 418 g/mol. The number of methoxy groups -OCH3 is 1. The Labute approximate surface area is 182 Å². The minimum absolute atomic E-state index is 0.121. The van der Waals surface area contributed by atoms with Crippen molar-refractivity contribution < 1.29 is 9.53 Å². The summed E-state index contributed by atoms with van der Waals surface area (Å²) in [5.41, 5.74) is 4.88. The third-order valence-electron chi connectivity index (χ3n) is 5.49. The molecule has 1 fully saturated rings. The molecule has 160 valence electrons. The van der Waals surface area contributed by atoms with Crippen molar-refractivity contribution in [1.29, 1.82) is 0 Å². The molecule has 7 heteroatoms. The van der Waals surface area contributed by atoms with Crippen molar-refractivity contribution >= 4 is 17.5 Å². The highest BCUT2D eigenvalue weighted by Crippen LogP contribution is 2.26.